The lowest BCUT2D eigenvalue weighted by Crippen LogP contribution is -2.38. The predicted molar refractivity (Wildman–Crippen MR) is 132 cm³/mol. The van der Waals surface area contributed by atoms with E-state index in [0.29, 0.717) is 11.4 Å². The van der Waals surface area contributed by atoms with Gasteiger partial charge in [0.2, 0.25) is 5.91 Å². The first-order valence-electron chi connectivity index (χ1n) is 9.83. The van der Waals surface area contributed by atoms with Crippen LogP contribution in [0.2, 0.25) is 5.02 Å². The van der Waals surface area contributed by atoms with Crippen molar-refractivity contribution in [3.8, 4) is 11.5 Å². The SMILES string of the molecule is COc1ccc(S(=O)(=O)N(CC(=O)Nc2cccc(SC)c2)c2ccc(F)c(Cl)c2)cc1OC. The number of thioether (sulfide) groups is 1. The third kappa shape index (κ3) is 5.75. The lowest BCUT2D eigenvalue weighted by molar-refractivity contribution is -0.114. The van der Waals surface area contributed by atoms with Crippen LogP contribution in [-0.2, 0) is 14.8 Å². The van der Waals surface area contributed by atoms with Crippen LogP contribution in [-0.4, -0.2) is 41.3 Å². The number of nitrogens with zero attached hydrogens (tertiary/aromatic N) is 1. The Morgan fingerprint density at radius 3 is 2.44 bits per heavy atom. The second-order valence-electron chi connectivity index (χ2n) is 6.91. The standard InChI is InChI=1S/C23H22ClFN2O5S2/c1-31-21-10-8-18(13-22(21)32-2)34(29,30)27(16-7-9-20(25)19(24)12-16)14-23(28)26-15-5-4-6-17(11-15)33-3/h4-13H,14H2,1-3H3,(H,26,28). The quantitative estimate of drug-likeness (QED) is 0.394. The third-order valence-electron chi connectivity index (χ3n) is 4.77. The number of methoxy groups -OCH3 is 2. The maximum atomic E-state index is 13.8. The molecule has 0 atom stereocenters. The minimum absolute atomic E-state index is 0.0224. The summed E-state index contributed by atoms with van der Waals surface area (Å²) >= 11 is 7.41. The van der Waals surface area contributed by atoms with Crippen molar-refractivity contribution in [3.05, 3.63) is 71.5 Å². The summed E-state index contributed by atoms with van der Waals surface area (Å²) in [6, 6.07) is 14.6. The van der Waals surface area contributed by atoms with Crippen LogP contribution in [0.5, 0.6) is 11.5 Å². The Bertz CT molecular complexity index is 1300. The van der Waals surface area contributed by atoms with Gasteiger partial charge >= 0.3 is 0 Å². The van der Waals surface area contributed by atoms with E-state index in [0.717, 1.165) is 21.3 Å². The van der Waals surface area contributed by atoms with Crippen LogP contribution in [0.25, 0.3) is 0 Å². The van der Waals surface area contributed by atoms with Crippen molar-refractivity contribution in [2.24, 2.45) is 0 Å². The van der Waals surface area contributed by atoms with Gasteiger partial charge in [-0.3, -0.25) is 9.10 Å². The molecule has 3 aromatic carbocycles. The molecular formula is C23H22ClFN2O5S2. The topological polar surface area (TPSA) is 84.9 Å². The Balaban J connectivity index is 2.01. The monoisotopic (exact) mass is 524 g/mol. The molecule has 34 heavy (non-hydrogen) atoms. The number of ether oxygens (including phenoxy) is 2. The summed E-state index contributed by atoms with van der Waals surface area (Å²) in [4.78, 5) is 13.7. The van der Waals surface area contributed by atoms with Crippen molar-refractivity contribution in [1.29, 1.82) is 0 Å². The molecule has 180 valence electrons. The minimum Gasteiger partial charge on any atom is -0.493 e. The molecule has 0 aliphatic rings. The zero-order chi connectivity index (χ0) is 24.9. The van der Waals surface area contributed by atoms with Crippen molar-refractivity contribution < 1.29 is 27.1 Å². The Morgan fingerprint density at radius 1 is 1.06 bits per heavy atom. The highest BCUT2D eigenvalue weighted by Gasteiger charge is 2.29. The molecule has 0 aliphatic heterocycles. The summed E-state index contributed by atoms with van der Waals surface area (Å²) in [5.41, 5.74) is 0.534. The highest BCUT2D eigenvalue weighted by atomic mass is 35.5. The van der Waals surface area contributed by atoms with Crippen molar-refractivity contribution in [3.63, 3.8) is 0 Å². The van der Waals surface area contributed by atoms with Gasteiger partial charge in [-0.2, -0.15) is 0 Å². The zero-order valence-electron chi connectivity index (χ0n) is 18.5. The Labute approximate surface area is 206 Å². The number of carbonyl (C=O) groups is 1. The molecule has 0 unspecified atom stereocenters. The fourth-order valence-electron chi connectivity index (χ4n) is 3.09. The van der Waals surface area contributed by atoms with Crippen LogP contribution in [0.1, 0.15) is 0 Å². The second-order valence-corrected chi connectivity index (χ2v) is 10.1. The lowest BCUT2D eigenvalue weighted by atomic mass is 10.3. The van der Waals surface area contributed by atoms with E-state index in [1.165, 1.54) is 50.2 Å². The number of benzene rings is 3. The van der Waals surface area contributed by atoms with Gasteiger partial charge in [0.1, 0.15) is 12.4 Å². The van der Waals surface area contributed by atoms with Gasteiger partial charge < -0.3 is 14.8 Å². The molecular weight excluding hydrogens is 503 g/mol. The predicted octanol–water partition coefficient (Wildman–Crippen LogP) is 5.05. The number of rotatable bonds is 9. The van der Waals surface area contributed by atoms with Crippen molar-refractivity contribution in [2.45, 2.75) is 9.79 Å². The van der Waals surface area contributed by atoms with Crippen LogP contribution >= 0.6 is 23.4 Å². The molecule has 0 radical (unpaired) electrons. The maximum absolute atomic E-state index is 13.8. The summed E-state index contributed by atoms with van der Waals surface area (Å²) < 4.78 is 52.2. The van der Waals surface area contributed by atoms with Crippen LogP contribution < -0.4 is 19.1 Å². The lowest BCUT2D eigenvalue weighted by Gasteiger charge is -2.25. The number of carbonyl (C=O) groups excluding carboxylic acids is 1. The largest absolute Gasteiger partial charge is 0.493 e. The van der Waals surface area contributed by atoms with E-state index in [-0.39, 0.29) is 21.4 Å². The molecule has 7 nitrogen and oxygen atoms in total. The summed E-state index contributed by atoms with van der Waals surface area (Å²) in [5.74, 6) is -0.779. The number of nitrogens with one attached hydrogen (secondary N) is 1. The van der Waals surface area contributed by atoms with Crippen molar-refractivity contribution in [2.75, 3.05) is 36.6 Å². The van der Waals surface area contributed by atoms with Crippen LogP contribution in [0.15, 0.2) is 70.5 Å². The Hall–Kier alpha value is -2.95. The molecule has 0 aromatic heterocycles. The molecule has 0 saturated carbocycles. The van der Waals surface area contributed by atoms with Gasteiger partial charge in [-0.15, -0.1) is 11.8 Å². The van der Waals surface area contributed by atoms with E-state index >= 15 is 0 Å². The normalized spacial score (nSPS) is 11.1. The number of hydrogen-bond donors (Lipinski definition) is 1. The molecule has 11 heteroatoms. The number of anilines is 2. The Morgan fingerprint density at radius 2 is 1.79 bits per heavy atom. The van der Waals surface area contributed by atoms with E-state index in [2.05, 4.69) is 5.32 Å². The minimum atomic E-state index is -4.29. The average molecular weight is 525 g/mol. The van der Waals surface area contributed by atoms with E-state index in [9.17, 15) is 17.6 Å². The first-order valence-corrected chi connectivity index (χ1v) is 12.9. The van der Waals surface area contributed by atoms with Gasteiger partial charge in [0.15, 0.2) is 11.5 Å². The molecule has 0 bridgehead atoms. The van der Waals surface area contributed by atoms with Gasteiger partial charge in [-0.1, -0.05) is 17.7 Å². The molecule has 1 amide bonds. The summed E-state index contributed by atoms with van der Waals surface area (Å²) in [5, 5.41) is 2.42. The van der Waals surface area contributed by atoms with Crippen LogP contribution in [0, 0.1) is 5.82 Å². The molecule has 0 aliphatic carbocycles. The molecule has 0 heterocycles. The first kappa shape index (κ1) is 25.7. The molecule has 1 N–H and O–H groups in total. The zero-order valence-corrected chi connectivity index (χ0v) is 20.9. The fraction of sp³-hybridized carbons (Fsp3) is 0.174. The van der Waals surface area contributed by atoms with Crippen molar-refractivity contribution >= 4 is 50.7 Å². The van der Waals surface area contributed by atoms with Crippen LogP contribution in [0.4, 0.5) is 15.8 Å². The van der Waals surface area contributed by atoms with Gasteiger partial charge in [-0.25, -0.2) is 12.8 Å². The van der Waals surface area contributed by atoms with E-state index in [1.54, 1.807) is 18.2 Å². The Kier molecular flexibility index (Phi) is 8.29. The van der Waals surface area contributed by atoms with Gasteiger partial charge in [0.25, 0.3) is 10.0 Å². The van der Waals surface area contributed by atoms with Crippen molar-refractivity contribution in [1.82, 2.24) is 0 Å². The van der Waals surface area contributed by atoms with Gasteiger partial charge in [0, 0.05) is 16.6 Å². The fourth-order valence-corrected chi connectivity index (χ4v) is 5.15. The molecule has 0 saturated heterocycles. The highest BCUT2D eigenvalue weighted by Crippen LogP contribution is 2.33. The summed E-state index contributed by atoms with van der Waals surface area (Å²) in [6.07, 6.45) is 1.90. The summed E-state index contributed by atoms with van der Waals surface area (Å²) in [7, 11) is -1.49. The molecule has 3 aromatic rings. The summed E-state index contributed by atoms with van der Waals surface area (Å²) in [6.45, 7) is -0.581. The third-order valence-corrected chi connectivity index (χ3v) is 7.56. The van der Waals surface area contributed by atoms with Gasteiger partial charge in [-0.05, 0) is 54.8 Å². The number of halogens is 2. The van der Waals surface area contributed by atoms with E-state index in [1.807, 2.05) is 12.3 Å². The smallest absolute Gasteiger partial charge is 0.264 e. The van der Waals surface area contributed by atoms with Crippen LogP contribution in [0.3, 0.4) is 0 Å². The van der Waals surface area contributed by atoms with E-state index in [4.69, 9.17) is 21.1 Å². The maximum Gasteiger partial charge on any atom is 0.264 e. The van der Waals surface area contributed by atoms with E-state index < -0.39 is 28.3 Å². The highest BCUT2D eigenvalue weighted by molar-refractivity contribution is 7.98. The number of hydrogen-bond acceptors (Lipinski definition) is 6. The van der Waals surface area contributed by atoms with Gasteiger partial charge in [0.05, 0.1) is 29.8 Å². The first-order chi connectivity index (χ1) is 16.2. The second kappa shape index (κ2) is 11.0. The average Bonchev–Trinajstić information content (AvgIpc) is 2.83. The molecule has 0 spiro atoms. The number of sulfonamides is 1. The molecule has 3 rings (SSSR count). The molecule has 0 fully saturated rings. The number of amides is 1.